The first-order valence-electron chi connectivity index (χ1n) is 8.35. The number of fused-ring (bicyclic) bond motifs is 1. The lowest BCUT2D eigenvalue weighted by Gasteiger charge is -2.32. The summed E-state index contributed by atoms with van der Waals surface area (Å²) in [5, 5.41) is 10.6. The monoisotopic (exact) mass is 375 g/mol. The Morgan fingerprint density at radius 2 is 1.89 bits per heavy atom. The summed E-state index contributed by atoms with van der Waals surface area (Å²) in [6.45, 7) is 0. The number of primary amides is 1. The standard InChI is InChI=1S/C21H17N3O2S/c22-14-24(19-6-3-13-27-19)17-9-7-16(8-10-17)21(20(23)25)12-11-15-4-1-2-5-18(15)26-21/h1-14,22H,(H2,23,25). The maximum atomic E-state index is 12.3. The minimum atomic E-state index is -1.36. The van der Waals surface area contributed by atoms with Gasteiger partial charge < -0.3 is 10.5 Å². The molecule has 0 aliphatic carbocycles. The Balaban J connectivity index is 1.72. The van der Waals surface area contributed by atoms with Crippen LogP contribution >= 0.6 is 11.3 Å². The smallest absolute Gasteiger partial charge is 0.270 e. The highest BCUT2D eigenvalue weighted by atomic mass is 32.1. The van der Waals surface area contributed by atoms with Gasteiger partial charge in [-0.05, 0) is 41.8 Å². The van der Waals surface area contributed by atoms with Gasteiger partial charge in [-0.15, -0.1) is 11.3 Å². The molecule has 0 saturated heterocycles. The van der Waals surface area contributed by atoms with Crippen molar-refractivity contribution in [2.45, 2.75) is 5.60 Å². The molecule has 0 bridgehead atoms. The summed E-state index contributed by atoms with van der Waals surface area (Å²) in [5.74, 6) is 0.0331. The number of anilines is 2. The van der Waals surface area contributed by atoms with E-state index in [-0.39, 0.29) is 0 Å². The lowest BCUT2D eigenvalue weighted by atomic mass is 9.89. The van der Waals surface area contributed by atoms with Crippen molar-refractivity contribution >= 4 is 40.3 Å². The highest BCUT2D eigenvalue weighted by molar-refractivity contribution is 7.14. The number of ether oxygens (including phenoxy) is 1. The van der Waals surface area contributed by atoms with Crippen LogP contribution in [0, 0.1) is 5.41 Å². The number of amides is 1. The van der Waals surface area contributed by atoms with Crippen molar-refractivity contribution in [2.24, 2.45) is 5.73 Å². The molecule has 134 valence electrons. The van der Waals surface area contributed by atoms with Crippen molar-refractivity contribution < 1.29 is 9.53 Å². The van der Waals surface area contributed by atoms with Gasteiger partial charge in [-0.25, -0.2) is 0 Å². The second-order valence-corrected chi connectivity index (χ2v) is 7.00. The third kappa shape index (κ3) is 2.90. The van der Waals surface area contributed by atoms with E-state index >= 15 is 0 Å². The Morgan fingerprint density at radius 3 is 2.56 bits per heavy atom. The van der Waals surface area contributed by atoms with Gasteiger partial charge in [-0.2, -0.15) is 0 Å². The van der Waals surface area contributed by atoms with Crippen LogP contribution in [-0.4, -0.2) is 12.2 Å². The molecule has 1 aliphatic heterocycles. The molecule has 4 rings (SSSR count). The van der Waals surface area contributed by atoms with Gasteiger partial charge in [-0.3, -0.25) is 15.1 Å². The van der Waals surface area contributed by atoms with Crippen molar-refractivity contribution in [1.82, 2.24) is 0 Å². The lowest BCUT2D eigenvalue weighted by molar-refractivity contribution is -0.130. The molecule has 2 aromatic carbocycles. The summed E-state index contributed by atoms with van der Waals surface area (Å²) in [7, 11) is 0. The highest BCUT2D eigenvalue weighted by Gasteiger charge is 2.41. The van der Waals surface area contributed by atoms with Crippen LogP contribution in [0.1, 0.15) is 11.1 Å². The minimum absolute atomic E-state index is 0.580. The number of hydrogen-bond acceptors (Lipinski definition) is 4. The fourth-order valence-corrected chi connectivity index (χ4v) is 3.82. The van der Waals surface area contributed by atoms with Crippen molar-refractivity contribution in [3.05, 3.63) is 83.2 Å². The summed E-state index contributed by atoms with van der Waals surface area (Å²) in [5.41, 5.74) is 6.73. The number of thiophene rings is 1. The molecule has 1 unspecified atom stereocenters. The van der Waals surface area contributed by atoms with Crippen LogP contribution in [0.5, 0.6) is 5.75 Å². The van der Waals surface area contributed by atoms with Crippen LogP contribution < -0.4 is 15.4 Å². The Bertz CT molecular complexity index is 1010. The van der Waals surface area contributed by atoms with Crippen molar-refractivity contribution in [3.63, 3.8) is 0 Å². The maximum Gasteiger partial charge on any atom is 0.270 e. The fraction of sp³-hybridized carbons (Fsp3) is 0.0476. The molecule has 1 aromatic heterocycles. The first-order valence-corrected chi connectivity index (χ1v) is 9.23. The van der Waals surface area contributed by atoms with E-state index in [0.29, 0.717) is 11.3 Å². The number of para-hydroxylation sites is 1. The van der Waals surface area contributed by atoms with Crippen molar-refractivity contribution in [1.29, 1.82) is 5.41 Å². The number of benzene rings is 2. The first-order chi connectivity index (χ1) is 13.1. The second kappa shape index (κ2) is 6.74. The number of carbonyl (C=O) groups is 1. The zero-order chi connectivity index (χ0) is 18.9. The maximum absolute atomic E-state index is 12.3. The average molecular weight is 375 g/mol. The number of nitrogens with two attached hydrogens (primary N) is 1. The van der Waals surface area contributed by atoms with E-state index < -0.39 is 11.5 Å². The van der Waals surface area contributed by atoms with Crippen LogP contribution in [0.15, 0.2) is 72.1 Å². The Kier molecular flexibility index (Phi) is 4.25. The lowest BCUT2D eigenvalue weighted by Crippen LogP contribution is -2.45. The van der Waals surface area contributed by atoms with Gasteiger partial charge >= 0.3 is 0 Å². The van der Waals surface area contributed by atoms with Crippen LogP contribution in [0.25, 0.3) is 6.08 Å². The molecule has 1 amide bonds. The molecule has 0 fully saturated rings. The average Bonchev–Trinajstić information content (AvgIpc) is 3.23. The molecule has 5 nitrogen and oxygen atoms in total. The van der Waals surface area contributed by atoms with Crippen LogP contribution in [0.4, 0.5) is 10.7 Å². The molecular formula is C21H17N3O2S. The second-order valence-electron chi connectivity index (χ2n) is 6.07. The quantitative estimate of drug-likeness (QED) is 0.516. The van der Waals surface area contributed by atoms with E-state index in [2.05, 4.69) is 0 Å². The summed E-state index contributed by atoms with van der Waals surface area (Å²) in [4.78, 5) is 14.1. The van der Waals surface area contributed by atoms with E-state index in [1.54, 1.807) is 22.3 Å². The van der Waals surface area contributed by atoms with Gasteiger partial charge in [0.05, 0.1) is 6.34 Å². The van der Waals surface area contributed by atoms with E-state index in [0.717, 1.165) is 16.3 Å². The third-order valence-electron chi connectivity index (χ3n) is 4.50. The fourth-order valence-electron chi connectivity index (χ4n) is 3.10. The molecule has 0 radical (unpaired) electrons. The van der Waals surface area contributed by atoms with Crippen molar-refractivity contribution in [2.75, 3.05) is 4.90 Å². The zero-order valence-electron chi connectivity index (χ0n) is 14.3. The number of rotatable bonds is 5. The summed E-state index contributed by atoms with van der Waals surface area (Å²) in [6, 6.07) is 18.7. The Morgan fingerprint density at radius 1 is 1.11 bits per heavy atom. The minimum Gasteiger partial charge on any atom is -0.468 e. The van der Waals surface area contributed by atoms with Gasteiger partial charge in [0, 0.05) is 16.8 Å². The number of nitrogens with zero attached hydrogens (tertiary/aromatic N) is 1. The summed E-state index contributed by atoms with van der Waals surface area (Å²) < 4.78 is 6.05. The number of hydrogen-bond donors (Lipinski definition) is 2. The van der Waals surface area contributed by atoms with Gasteiger partial charge in [0.1, 0.15) is 10.8 Å². The molecule has 0 spiro atoms. The third-order valence-corrected chi connectivity index (χ3v) is 5.37. The molecule has 3 N–H and O–H groups in total. The molecule has 27 heavy (non-hydrogen) atoms. The van der Waals surface area contributed by atoms with E-state index in [1.165, 1.54) is 6.34 Å². The Hall–Kier alpha value is -3.38. The highest BCUT2D eigenvalue weighted by Crippen LogP contribution is 2.38. The van der Waals surface area contributed by atoms with Crippen LogP contribution in [-0.2, 0) is 10.4 Å². The van der Waals surface area contributed by atoms with Gasteiger partial charge in [0.15, 0.2) is 0 Å². The SMILES string of the molecule is N=CN(c1ccc(C2(C(N)=O)C=Cc3ccccc3O2)cc1)c1cccs1. The normalized spacial score (nSPS) is 17.6. The number of nitrogens with one attached hydrogen (secondary N) is 1. The van der Waals surface area contributed by atoms with Gasteiger partial charge in [-0.1, -0.05) is 36.4 Å². The molecule has 1 atom stereocenters. The summed E-state index contributed by atoms with van der Waals surface area (Å²) in [6.07, 6.45) is 4.81. The topological polar surface area (TPSA) is 79.4 Å². The summed E-state index contributed by atoms with van der Waals surface area (Å²) >= 11 is 1.54. The van der Waals surface area contributed by atoms with Gasteiger partial charge in [0.2, 0.25) is 5.60 Å². The van der Waals surface area contributed by atoms with Crippen LogP contribution in [0.3, 0.4) is 0 Å². The van der Waals surface area contributed by atoms with Crippen LogP contribution in [0.2, 0.25) is 0 Å². The molecule has 0 saturated carbocycles. The first kappa shape index (κ1) is 17.1. The zero-order valence-corrected chi connectivity index (χ0v) is 15.1. The molecular weight excluding hydrogens is 358 g/mol. The van der Waals surface area contributed by atoms with Crippen molar-refractivity contribution in [3.8, 4) is 5.75 Å². The predicted molar refractivity (Wildman–Crippen MR) is 109 cm³/mol. The molecule has 3 aromatic rings. The number of carbonyl (C=O) groups excluding carboxylic acids is 1. The van der Waals surface area contributed by atoms with E-state index in [9.17, 15) is 4.79 Å². The van der Waals surface area contributed by atoms with E-state index in [1.807, 2.05) is 72.1 Å². The molecule has 1 aliphatic rings. The van der Waals surface area contributed by atoms with E-state index in [4.69, 9.17) is 15.9 Å². The molecule has 2 heterocycles. The Labute approximate surface area is 160 Å². The largest absolute Gasteiger partial charge is 0.468 e. The predicted octanol–water partition coefficient (Wildman–Crippen LogP) is 4.28. The molecule has 6 heteroatoms. The van der Waals surface area contributed by atoms with Gasteiger partial charge in [0.25, 0.3) is 5.91 Å².